The van der Waals surface area contributed by atoms with Crippen molar-refractivity contribution in [2.24, 2.45) is 0 Å². The van der Waals surface area contributed by atoms with E-state index in [-0.39, 0.29) is 11.6 Å². The Hall–Kier alpha value is -1.87. The summed E-state index contributed by atoms with van der Waals surface area (Å²) in [5.74, 6) is 0.0663. The first-order valence-electron chi connectivity index (χ1n) is 6.15. The average Bonchev–Trinajstić information content (AvgIpc) is 3.09. The minimum Gasteiger partial charge on any atom is -0.476 e. The van der Waals surface area contributed by atoms with E-state index >= 15 is 0 Å². The summed E-state index contributed by atoms with van der Waals surface area (Å²) in [6.45, 7) is 0.780. The summed E-state index contributed by atoms with van der Waals surface area (Å²) >= 11 is 3.23. The molecule has 9 heteroatoms. The molecule has 0 saturated carbocycles. The standard InChI is InChI=1S/C12H14N4O3S2/c17-11(8-20-7-9-2-1-5-21-9)13-3-4-16-6-10(12(18)19)14-15-16/h1-2,5-6H,3-4,7-8H2,(H,13,17)(H,18,19). The van der Waals surface area contributed by atoms with Gasteiger partial charge in [0.1, 0.15) is 0 Å². The fourth-order valence-corrected chi connectivity index (χ4v) is 3.20. The van der Waals surface area contributed by atoms with Crippen LogP contribution < -0.4 is 5.32 Å². The Balaban J connectivity index is 1.61. The van der Waals surface area contributed by atoms with Crippen molar-refractivity contribution in [2.45, 2.75) is 12.3 Å². The van der Waals surface area contributed by atoms with Gasteiger partial charge in [-0.2, -0.15) is 0 Å². The van der Waals surface area contributed by atoms with Gasteiger partial charge in [-0.15, -0.1) is 28.2 Å². The molecule has 7 nitrogen and oxygen atoms in total. The fraction of sp³-hybridized carbons (Fsp3) is 0.333. The number of thiophene rings is 1. The van der Waals surface area contributed by atoms with Crippen LogP contribution in [0, 0.1) is 0 Å². The maximum atomic E-state index is 11.6. The van der Waals surface area contributed by atoms with E-state index in [2.05, 4.69) is 15.6 Å². The number of aromatic carboxylic acids is 1. The molecule has 2 N–H and O–H groups in total. The van der Waals surface area contributed by atoms with Crippen LogP contribution in [-0.2, 0) is 17.1 Å². The number of rotatable bonds is 8. The van der Waals surface area contributed by atoms with Gasteiger partial charge < -0.3 is 10.4 Å². The molecule has 2 rings (SSSR count). The molecule has 21 heavy (non-hydrogen) atoms. The Bertz CT molecular complexity index is 597. The molecule has 2 aromatic heterocycles. The second-order valence-corrected chi connectivity index (χ2v) is 6.11. The van der Waals surface area contributed by atoms with Gasteiger partial charge in [0.15, 0.2) is 5.69 Å². The van der Waals surface area contributed by atoms with Crippen molar-refractivity contribution < 1.29 is 14.7 Å². The van der Waals surface area contributed by atoms with Crippen molar-refractivity contribution in [3.8, 4) is 0 Å². The van der Waals surface area contributed by atoms with E-state index in [0.29, 0.717) is 18.8 Å². The van der Waals surface area contributed by atoms with Gasteiger partial charge in [-0.25, -0.2) is 9.48 Å². The Morgan fingerprint density at radius 3 is 3.00 bits per heavy atom. The monoisotopic (exact) mass is 326 g/mol. The summed E-state index contributed by atoms with van der Waals surface area (Å²) in [5, 5.41) is 20.6. The smallest absolute Gasteiger partial charge is 0.358 e. The van der Waals surface area contributed by atoms with Crippen LogP contribution in [0.5, 0.6) is 0 Å². The number of carbonyl (C=O) groups is 2. The summed E-state index contributed by atoms with van der Waals surface area (Å²) in [6, 6.07) is 4.03. The quantitative estimate of drug-likeness (QED) is 0.753. The van der Waals surface area contributed by atoms with Crippen molar-refractivity contribution in [1.82, 2.24) is 20.3 Å². The molecular formula is C12H14N4O3S2. The summed E-state index contributed by atoms with van der Waals surface area (Å²) in [4.78, 5) is 23.5. The zero-order valence-corrected chi connectivity index (χ0v) is 12.7. The van der Waals surface area contributed by atoms with Crippen molar-refractivity contribution in [3.05, 3.63) is 34.3 Å². The molecule has 0 unspecified atom stereocenters. The summed E-state index contributed by atoms with van der Waals surface area (Å²) in [6.07, 6.45) is 1.33. The lowest BCUT2D eigenvalue weighted by atomic mass is 10.5. The van der Waals surface area contributed by atoms with Crippen LogP contribution in [0.25, 0.3) is 0 Å². The number of carboxylic acids is 1. The predicted octanol–water partition coefficient (Wildman–Crippen LogP) is 1.09. The fourth-order valence-electron chi connectivity index (χ4n) is 1.51. The minimum absolute atomic E-state index is 0.0462. The molecule has 1 amide bonds. The Labute approximate surface area is 129 Å². The number of hydrogen-bond donors (Lipinski definition) is 2. The van der Waals surface area contributed by atoms with Crippen molar-refractivity contribution in [3.63, 3.8) is 0 Å². The van der Waals surface area contributed by atoms with Crippen molar-refractivity contribution in [1.29, 1.82) is 0 Å². The maximum absolute atomic E-state index is 11.6. The van der Waals surface area contributed by atoms with Crippen LogP contribution in [0.3, 0.4) is 0 Å². The molecule has 112 valence electrons. The zero-order chi connectivity index (χ0) is 15.1. The lowest BCUT2D eigenvalue weighted by molar-refractivity contribution is -0.118. The average molecular weight is 326 g/mol. The van der Waals surface area contributed by atoms with E-state index in [0.717, 1.165) is 5.75 Å². The van der Waals surface area contributed by atoms with Gasteiger partial charge in [0.2, 0.25) is 5.91 Å². The predicted molar refractivity (Wildman–Crippen MR) is 80.5 cm³/mol. The number of carboxylic acid groups (broad SMARTS) is 1. The Kier molecular flexibility index (Phi) is 5.76. The Morgan fingerprint density at radius 1 is 1.48 bits per heavy atom. The highest BCUT2D eigenvalue weighted by molar-refractivity contribution is 7.99. The van der Waals surface area contributed by atoms with Gasteiger partial charge >= 0.3 is 5.97 Å². The van der Waals surface area contributed by atoms with Gasteiger partial charge in [0.25, 0.3) is 0 Å². The number of amides is 1. The maximum Gasteiger partial charge on any atom is 0.358 e. The van der Waals surface area contributed by atoms with Gasteiger partial charge in [-0.3, -0.25) is 4.79 Å². The van der Waals surface area contributed by atoms with E-state index in [9.17, 15) is 9.59 Å². The molecule has 0 bridgehead atoms. The molecule has 2 heterocycles. The number of aromatic nitrogens is 3. The number of thioether (sulfide) groups is 1. The summed E-state index contributed by atoms with van der Waals surface area (Å²) in [5.41, 5.74) is -0.104. The minimum atomic E-state index is -1.12. The Morgan fingerprint density at radius 2 is 2.33 bits per heavy atom. The molecule has 0 atom stereocenters. The van der Waals surface area contributed by atoms with Crippen LogP contribution in [0.2, 0.25) is 0 Å². The molecule has 0 fully saturated rings. The first kappa shape index (κ1) is 15.5. The molecule has 0 spiro atoms. The molecule has 0 aromatic carbocycles. The van der Waals surface area contributed by atoms with Crippen LogP contribution >= 0.6 is 23.1 Å². The van der Waals surface area contributed by atoms with Crippen LogP contribution in [0.4, 0.5) is 0 Å². The third-order valence-corrected chi connectivity index (χ3v) is 4.52. The number of hydrogen-bond acceptors (Lipinski definition) is 6. The van der Waals surface area contributed by atoms with Crippen LogP contribution in [-0.4, -0.2) is 44.3 Å². The van der Waals surface area contributed by atoms with Gasteiger partial charge in [0, 0.05) is 17.2 Å². The second kappa shape index (κ2) is 7.79. The number of nitrogens with zero attached hydrogens (tertiary/aromatic N) is 3. The summed E-state index contributed by atoms with van der Waals surface area (Å²) in [7, 11) is 0. The number of carbonyl (C=O) groups excluding carboxylic acids is 1. The van der Waals surface area contributed by atoms with E-state index in [1.807, 2.05) is 17.5 Å². The first-order valence-corrected chi connectivity index (χ1v) is 8.19. The SMILES string of the molecule is O=C(CSCc1cccs1)NCCn1cc(C(=O)O)nn1. The van der Waals surface area contributed by atoms with E-state index in [1.165, 1.54) is 15.8 Å². The largest absolute Gasteiger partial charge is 0.476 e. The van der Waals surface area contributed by atoms with E-state index in [1.54, 1.807) is 23.1 Å². The zero-order valence-electron chi connectivity index (χ0n) is 11.1. The molecule has 0 saturated heterocycles. The van der Waals surface area contributed by atoms with Crippen LogP contribution in [0.15, 0.2) is 23.7 Å². The first-order chi connectivity index (χ1) is 10.1. The normalized spacial score (nSPS) is 10.5. The van der Waals surface area contributed by atoms with Gasteiger partial charge in [-0.05, 0) is 11.4 Å². The molecule has 0 aliphatic heterocycles. The molecule has 0 aliphatic carbocycles. The summed E-state index contributed by atoms with van der Waals surface area (Å²) < 4.78 is 1.39. The highest BCUT2D eigenvalue weighted by Gasteiger charge is 2.08. The van der Waals surface area contributed by atoms with E-state index < -0.39 is 5.97 Å². The van der Waals surface area contributed by atoms with Crippen LogP contribution in [0.1, 0.15) is 15.4 Å². The highest BCUT2D eigenvalue weighted by atomic mass is 32.2. The van der Waals surface area contributed by atoms with Gasteiger partial charge in [-0.1, -0.05) is 11.3 Å². The second-order valence-electron chi connectivity index (χ2n) is 4.09. The molecule has 0 aliphatic rings. The van der Waals surface area contributed by atoms with Gasteiger partial charge in [0.05, 0.1) is 18.5 Å². The third-order valence-electron chi connectivity index (χ3n) is 2.48. The van der Waals surface area contributed by atoms with Crippen molar-refractivity contribution >= 4 is 35.0 Å². The lowest BCUT2D eigenvalue weighted by Crippen LogP contribution is -2.28. The van der Waals surface area contributed by atoms with E-state index in [4.69, 9.17) is 5.11 Å². The number of nitrogens with one attached hydrogen (secondary N) is 1. The molecular weight excluding hydrogens is 312 g/mol. The van der Waals surface area contributed by atoms with Crippen molar-refractivity contribution in [2.75, 3.05) is 12.3 Å². The molecule has 2 aromatic rings. The topological polar surface area (TPSA) is 97.1 Å². The highest BCUT2D eigenvalue weighted by Crippen LogP contribution is 2.16. The molecule has 0 radical (unpaired) electrons. The third kappa shape index (κ3) is 5.20. The lowest BCUT2D eigenvalue weighted by Gasteiger charge is -2.04.